The van der Waals surface area contributed by atoms with Crippen molar-refractivity contribution in [3.63, 3.8) is 0 Å². The predicted molar refractivity (Wildman–Crippen MR) is 129 cm³/mol. The van der Waals surface area contributed by atoms with Crippen molar-refractivity contribution in [2.24, 2.45) is 5.92 Å². The minimum absolute atomic E-state index is 0.101. The topological polar surface area (TPSA) is 80.9 Å². The van der Waals surface area contributed by atoms with Crippen LogP contribution in [-0.4, -0.2) is 27.6 Å². The van der Waals surface area contributed by atoms with Gasteiger partial charge in [0.05, 0.1) is 22.9 Å². The number of nitrogens with one attached hydrogen (secondary N) is 1. The molecule has 3 aromatic rings. The van der Waals surface area contributed by atoms with Gasteiger partial charge in [-0.2, -0.15) is 0 Å². The lowest BCUT2D eigenvalue weighted by molar-refractivity contribution is -0.122. The molecule has 0 saturated heterocycles. The van der Waals surface area contributed by atoms with Gasteiger partial charge in [0.25, 0.3) is 0 Å². The standard InChI is InChI=1S/C27H34N4O2/c1-17(2)26-28-16-23(24-14-18(3)31-33-24)25(30-26)22-12-10-20(11-13-22)15-29-27(32)19(4)21-8-6-5-7-9-21/h5-9,14,16-17,19-20,22H,10-13,15H2,1-4H3,(H,29,32). The first kappa shape index (κ1) is 23.1. The SMILES string of the molecule is Cc1cc(-c2cnc(C(C)C)nc2C2CCC(CNC(=O)C(C)c3ccccc3)CC2)on1. The third kappa shape index (κ3) is 5.49. The van der Waals surface area contributed by atoms with Gasteiger partial charge in [0.1, 0.15) is 5.82 Å². The van der Waals surface area contributed by atoms with Crippen LogP contribution in [0.1, 0.15) is 87.0 Å². The summed E-state index contributed by atoms with van der Waals surface area (Å²) in [5, 5.41) is 7.24. The first-order valence-electron chi connectivity index (χ1n) is 12.1. The normalized spacial score (nSPS) is 19.4. The highest BCUT2D eigenvalue weighted by Crippen LogP contribution is 2.39. The molecule has 1 amide bonds. The Morgan fingerprint density at radius 1 is 1.12 bits per heavy atom. The molecule has 0 aliphatic heterocycles. The molecule has 6 heteroatoms. The van der Waals surface area contributed by atoms with E-state index < -0.39 is 0 Å². The van der Waals surface area contributed by atoms with Crippen LogP contribution in [0.3, 0.4) is 0 Å². The number of aromatic nitrogens is 3. The van der Waals surface area contributed by atoms with Crippen LogP contribution in [0.4, 0.5) is 0 Å². The molecule has 1 saturated carbocycles. The largest absolute Gasteiger partial charge is 0.356 e. The van der Waals surface area contributed by atoms with Crippen molar-refractivity contribution in [2.75, 3.05) is 6.54 Å². The van der Waals surface area contributed by atoms with E-state index in [1.54, 1.807) is 0 Å². The molecule has 6 nitrogen and oxygen atoms in total. The van der Waals surface area contributed by atoms with Crippen molar-refractivity contribution < 1.29 is 9.32 Å². The first-order chi connectivity index (χ1) is 15.9. The second-order valence-electron chi connectivity index (χ2n) is 9.61. The van der Waals surface area contributed by atoms with Crippen molar-refractivity contribution >= 4 is 5.91 Å². The summed E-state index contributed by atoms with van der Waals surface area (Å²) in [6, 6.07) is 11.9. The van der Waals surface area contributed by atoms with Gasteiger partial charge in [0.15, 0.2) is 5.76 Å². The zero-order valence-corrected chi connectivity index (χ0v) is 20.0. The van der Waals surface area contributed by atoms with Crippen molar-refractivity contribution in [1.29, 1.82) is 0 Å². The zero-order valence-electron chi connectivity index (χ0n) is 20.0. The number of hydrogen-bond acceptors (Lipinski definition) is 5. The summed E-state index contributed by atoms with van der Waals surface area (Å²) >= 11 is 0. The number of amides is 1. The van der Waals surface area contributed by atoms with E-state index in [1.165, 1.54) is 0 Å². The third-order valence-electron chi connectivity index (χ3n) is 6.74. The fraction of sp³-hybridized carbons (Fsp3) is 0.481. The molecule has 1 fully saturated rings. The van der Waals surface area contributed by atoms with Gasteiger partial charge in [-0.3, -0.25) is 4.79 Å². The summed E-state index contributed by atoms with van der Waals surface area (Å²) in [6.07, 6.45) is 6.13. The van der Waals surface area contributed by atoms with Crippen molar-refractivity contribution in [2.45, 2.75) is 71.1 Å². The maximum Gasteiger partial charge on any atom is 0.227 e. The number of nitrogens with zero attached hydrogens (tertiary/aromatic N) is 3. The highest BCUT2D eigenvalue weighted by molar-refractivity contribution is 5.83. The number of aryl methyl sites for hydroxylation is 1. The fourth-order valence-electron chi connectivity index (χ4n) is 4.61. The van der Waals surface area contributed by atoms with E-state index in [2.05, 4.69) is 29.3 Å². The van der Waals surface area contributed by atoms with Gasteiger partial charge in [0.2, 0.25) is 5.91 Å². The average Bonchev–Trinajstić information content (AvgIpc) is 3.28. The molecule has 1 N–H and O–H groups in total. The lowest BCUT2D eigenvalue weighted by Gasteiger charge is -2.29. The number of rotatable bonds is 7. The Morgan fingerprint density at radius 2 is 1.85 bits per heavy atom. The maximum absolute atomic E-state index is 12.6. The van der Waals surface area contributed by atoms with Crippen LogP contribution in [0, 0.1) is 12.8 Å². The summed E-state index contributed by atoms with van der Waals surface area (Å²) in [6.45, 7) is 8.86. The van der Waals surface area contributed by atoms with Gasteiger partial charge in [0, 0.05) is 30.6 Å². The van der Waals surface area contributed by atoms with Crippen molar-refractivity contribution in [3.05, 3.63) is 65.4 Å². The smallest absolute Gasteiger partial charge is 0.227 e. The van der Waals surface area contributed by atoms with E-state index in [0.29, 0.717) is 11.8 Å². The minimum Gasteiger partial charge on any atom is -0.356 e. The summed E-state index contributed by atoms with van der Waals surface area (Å²) in [4.78, 5) is 22.2. The summed E-state index contributed by atoms with van der Waals surface area (Å²) in [5.41, 5.74) is 3.94. The second kappa shape index (κ2) is 10.3. The molecule has 0 radical (unpaired) electrons. The van der Waals surface area contributed by atoms with Gasteiger partial charge in [-0.15, -0.1) is 0 Å². The molecular formula is C27H34N4O2. The number of carbonyl (C=O) groups is 1. The lowest BCUT2D eigenvalue weighted by Crippen LogP contribution is -2.33. The Labute approximate surface area is 196 Å². The van der Waals surface area contributed by atoms with E-state index in [1.807, 2.05) is 56.4 Å². The Morgan fingerprint density at radius 3 is 2.48 bits per heavy atom. The lowest BCUT2D eigenvalue weighted by atomic mass is 9.79. The van der Waals surface area contributed by atoms with Crippen LogP contribution < -0.4 is 5.32 Å². The van der Waals surface area contributed by atoms with Crippen LogP contribution in [-0.2, 0) is 4.79 Å². The van der Waals surface area contributed by atoms with E-state index in [-0.39, 0.29) is 17.7 Å². The minimum atomic E-state index is -0.133. The fourth-order valence-corrected chi connectivity index (χ4v) is 4.61. The molecule has 0 spiro atoms. The van der Waals surface area contributed by atoms with Crippen molar-refractivity contribution in [3.8, 4) is 11.3 Å². The summed E-state index contributed by atoms with van der Waals surface area (Å²) < 4.78 is 5.55. The van der Waals surface area contributed by atoms with E-state index in [4.69, 9.17) is 9.51 Å². The van der Waals surface area contributed by atoms with Gasteiger partial charge < -0.3 is 9.84 Å². The quantitative estimate of drug-likeness (QED) is 0.499. The highest BCUT2D eigenvalue weighted by Gasteiger charge is 2.28. The Kier molecular flexibility index (Phi) is 7.21. The van der Waals surface area contributed by atoms with Crippen LogP contribution in [0.2, 0.25) is 0 Å². The second-order valence-corrected chi connectivity index (χ2v) is 9.61. The summed E-state index contributed by atoms with van der Waals surface area (Å²) in [5.74, 6) is 2.70. The highest BCUT2D eigenvalue weighted by atomic mass is 16.5. The predicted octanol–water partition coefficient (Wildman–Crippen LogP) is 5.76. The molecule has 1 aliphatic rings. The molecular weight excluding hydrogens is 412 g/mol. The van der Waals surface area contributed by atoms with Gasteiger partial charge in [-0.25, -0.2) is 9.97 Å². The molecule has 1 unspecified atom stereocenters. The Balaban J connectivity index is 1.39. The molecule has 1 atom stereocenters. The first-order valence-corrected chi connectivity index (χ1v) is 12.1. The van der Waals surface area contributed by atoms with Crippen LogP contribution >= 0.6 is 0 Å². The molecule has 0 bridgehead atoms. The van der Waals surface area contributed by atoms with Gasteiger partial charge in [-0.1, -0.05) is 49.3 Å². The molecule has 1 aliphatic carbocycles. The van der Waals surface area contributed by atoms with E-state index >= 15 is 0 Å². The van der Waals surface area contributed by atoms with Crippen LogP contribution in [0.5, 0.6) is 0 Å². The Bertz CT molecular complexity index is 1070. The van der Waals surface area contributed by atoms with Crippen LogP contribution in [0.25, 0.3) is 11.3 Å². The number of carbonyl (C=O) groups excluding carboxylic acids is 1. The zero-order chi connectivity index (χ0) is 23.4. The molecule has 2 aromatic heterocycles. The monoisotopic (exact) mass is 446 g/mol. The van der Waals surface area contributed by atoms with Crippen LogP contribution in [0.15, 0.2) is 47.1 Å². The van der Waals surface area contributed by atoms with E-state index in [9.17, 15) is 4.79 Å². The number of hydrogen-bond donors (Lipinski definition) is 1. The van der Waals surface area contributed by atoms with Gasteiger partial charge >= 0.3 is 0 Å². The van der Waals surface area contributed by atoms with Gasteiger partial charge in [-0.05, 0) is 51.0 Å². The van der Waals surface area contributed by atoms with E-state index in [0.717, 1.165) is 66.3 Å². The molecule has 4 rings (SSSR count). The molecule has 1 aromatic carbocycles. The Hall–Kier alpha value is -3.02. The average molecular weight is 447 g/mol. The molecule has 174 valence electrons. The molecule has 2 heterocycles. The summed E-state index contributed by atoms with van der Waals surface area (Å²) in [7, 11) is 0. The maximum atomic E-state index is 12.6. The number of benzene rings is 1. The molecule has 33 heavy (non-hydrogen) atoms. The third-order valence-corrected chi connectivity index (χ3v) is 6.74. The van der Waals surface area contributed by atoms with Crippen molar-refractivity contribution in [1.82, 2.24) is 20.4 Å².